The van der Waals surface area contributed by atoms with E-state index in [1.807, 2.05) is 18.7 Å². The van der Waals surface area contributed by atoms with Gasteiger partial charge in [0.1, 0.15) is 0 Å². The van der Waals surface area contributed by atoms with E-state index < -0.39 is 0 Å². The van der Waals surface area contributed by atoms with Crippen molar-refractivity contribution in [3.05, 3.63) is 7.43 Å². The van der Waals surface area contributed by atoms with Crippen LogP contribution in [0.1, 0.15) is 13.8 Å². The molecule has 10 heavy (non-hydrogen) atoms. The minimum atomic E-state index is 0. The molecule has 0 aromatic heterocycles. The van der Waals surface area contributed by atoms with Crippen molar-refractivity contribution in [2.45, 2.75) is 13.8 Å². The fraction of sp³-hybridized carbons (Fsp3) is 0.667. The summed E-state index contributed by atoms with van der Waals surface area (Å²) >= 11 is 9.51. The molecule has 0 bridgehead atoms. The van der Waals surface area contributed by atoms with E-state index >= 15 is 0 Å². The van der Waals surface area contributed by atoms with Gasteiger partial charge >= 0.3 is 27.3 Å². The van der Waals surface area contributed by atoms with E-state index in [9.17, 15) is 0 Å². The summed E-state index contributed by atoms with van der Waals surface area (Å²) in [6.45, 7) is 5.95. The Kier molecular flexibility index (Phi) is 17.3. The zero-order valence-corrected chi connectivity index (χ0v) is 12.6. The van der Waals surface area contributed by atoms with Crippen LogP contribution in [0.4, 0.5) is 0 Å². The molecular weight excluding hydrogens is 263 g/mol. The molecule has 0 aromatic carbocycles. The first-order valence-corrected chi connectivity index (χ1v) is 3.50. The number of nitrogens with zero attached hydrogens (tertiary/aromatic N) is 1. The normalized spacial score (nSPS) is 7.00. The van der Waals surface area contributed by atoms with Gasteiger partial charge in [-0.2, -0.15) is 0 Å². The minimum absolute atomic E-state index is 0. The van der Waals surface area contributed by atoms with Gasteiger partial charge in [-0.3, -0.25) is 0 Å². The van der Waals surface area contributed by atoms with Crippen LogP contribution in [0.3, 0.4) is 0 Å². The first-order valence-electron chi connectivity index (χ1n) is 2.68. The second-order valence-electron chi connectivity index (χ2n) is 1.44. The van der Waals surface area contributed by atoms with Crippen molar-refractivity contribution >= 4 is 29.2 Å². The molecule has 0 atom stereocenters. The molecule has 56 valence electrons. The maximum atomic E-state index is 4.76. The Balaban J connectivity index is -0.000000245. The SMILES string of the molecule is CCN(CC)C(=S)[S-].[CH3-].[Cd+2]. The van der Waals surface area contributed by atoms with Crippen LogP contribution in [0.25, 0.3) is 0 Å². The van der Waals surface area contributed by atoms with Crippen LogP contribution in [0, 0.1) is 7.43 Å². The van der Waals surface area contributed by atoms with Gasteiger partial charge in [0, 0.05) is 13.1 Å². The van der Waals surface area contributed by atoms with E-state index in [-0.39, 0.29) is 34.7 Å². The van der Waals surface area contributed by atoms with Crippen LogP contribution in [-0.4, -0.2) is 22.3 Å². The summed E-state index contributed by atoms with van der Waals surface area (Å²) in [7, 11) is 0. The molecule has 0 rings (SSSR count). The molecule has 0 spiro atoms. The molecule has 1 nitrogen and oxygen atoms in total. The first kappa shape index (κ1) is 17.2. The Morgan fingerprint density at radius 3 is 1.70 bits per heavy atom. The second-order valence-corrected chi connectivity index (χ2v) is 2.47. The van der Waals surface area contributed by atoms with Gasteiger partial charge < -0.3 is 37.2 Å². The smallest absolute Gasteiger partial charge is 0.411 e. The average molecular weight is 276 g/mol. The monoisotopic (exact) mass is 277 g/mol. The Bertz CT molecular complexity index is 83.8. The third kappa shape index (κ3) is 7.14. The van der Waals surface area contributed by atoms with Crippen LogP contribution >= 0.6 is 12.2 Å². The predicted octanol–water partition coefficient (Wildman–Crippen LogP) is 1.61. The van der Waals surface area contributed by atoms with Crippen LogP contribution in [0.15, 0.2) is 0 Å². The van der Waals surface area contributed by atoms with Crippen LogP contribution < -0.4 is 0 Å². The molecule has 0 N–H and O–H groups in total. The summed E-state index contributed by atoms with van der Waals surface area (Å²) in [5.74, 6) is 0. The summed E-state index contributed by atoms with van der Waals surface area (Å²) < 4.78 is 0.579. The minimum Gasteiger partial charge on any atom is -0.411 e. The van der Waals surface area contributed by atoms with Crippen molar-refractivity contribution in [2.75, 3.05) is 13.1 Å². The van der Waals surface area contributed by atoms with Gasteiger partial charge in [-0.1, -0.05) is 4.32 Å². The van der Waals surface area contributed by atoms with Crippen LogP contribution in [0.2, 0.25) is 0 Å². The van der Waals surface area contributed by atoms with Gasteiger partial charge in [0.15, 0.2) is 0 Å². The molecule has 0 aliphatic carbocycles. The maximum Gasteiger partial charge on any atom is 2.00 e. The van der Waals surface area contributed by atoms with Crippen molar-refractivity contribution in [3.8, 4) is 0 Å². The second kappa shape index (κ2) is 10.0. The summed E-state index contributed by atoms with van der Waals surface area (Å²) in [6, 6.07) is 0. The topological polar surface area (TPSA) is 3.24 Å². The molecule has 0 aliphatic rings. The Morgan fingerprint density at radius 1 is 1.40 bits per heavy atom. The maximum absolute atomic E-state index is 4.76. The molecule has 0 fully saturated rings. The van der Waals surface area contributed by atoms with Gasteiger partial charge in [0.2, 0.25) is 0 Å². The number of hydrogen-bond donors (Lipinski definition) is 0. The molecule has 0 unspecified atom stereocenters. The molecule has 0 amide bonds. The van der Waals surface area contributed by atoms with Gasteiger partial charge in [-0.05, 0) is 13.8 Å². The molecule has 0 heterocycles. The van der Waals surface area contributed by atoms with Gasteiger partial charge in [-0.25, -0.2) is 0 Å². The van der Waals surface area contributed by atoms with E-state index in [4.69, 9.17) is 24.8 Å². The van der Waals surface area contributed by atoms with Gasteiger partial charge in [-0.15, -0.1) is 0 Å². The molecule has 0 saturated heterocycles. The number of hydrogen-bond acceptors (Lipinski definition) is 2. The zero-order chi connectivity index (χ0) is 6.57. The zero-order valence-electron chi connectivity index (χ0n) is 6.89. The largest absolute Gasteiger partial charge is 2.00 e. The van der Waals surface area contributed by atoms with Gasteiger partial charge in [0.05, 0.1) is 0 Å². The third-order valence-electron chi connectivity index (χ3n) is 1.02. The predicted molar refractivity (Wildman–Crippen MR) is 49.3 cm³/mol. The Morgan fingerprint density at radius 2 is 1.70 bits per heavy atom. The Labute approximate surface area is 95.1 Å². The summed E-state index contributed by atoms with van der Waals surface area (Å²) in [5.41, 5.74) is 0. The van der Waals surface area contributed by atoms with E-state index in [0.29, 0.717) is 4.32 Å². The van der Waals surface area contributed by atoms with E-state index in [1.165, 1.54) is 0 Å². The fourth-order valence-corrected chi connectivity index (χ4v) is 0.998. The fourth-order valence-electron chi connectivity index (χ4n) is 0.482. The van der Waals surface area contributed by atoms with Crippen molar-refractivity contribution < 1.29 is 27.3 Å². The standard InChI is InChI=1S/C5H11NS2.CH3.Cd/c1-3-6(4-2)5(7)8;;/h3-4H2,1-2H3,(H,7,8);1H3;/q;-1;+2/p-1. The quantitative estimate of drug-likeness (QED) is 0.326. The molecule has 4 heteroatoms. The van der Waals surface area contributed by atoms with Crippen molar-refractivity contribution in [3.63, 3.8) is 0 Å². The average Bonchev–Trinajstić information content (AvgIpc) is 1.69. The summed E-state index contributed by atoms with van der Waals surface area (Å²) in [5, 5.41) is 0. The van der Waals surface area contributed by atoms with Crippen molar-refractivity contribution in [1.82, 2.24) is 4.90 Å². The van der Waals surface area contributed by atoms with Crippen LogP contribution in [0.5, 0.6) is 0 Å². The number of rotatable bonds is 2. The molecule has 0 aromatic rings. The summed E-state index contributed by atoms with van der Waals surface area (Å²) in [4.78, 5) is 1.96. The van der Waals surface area contributed by atoms with E-state index in [1.54, 1.807) is 0 Å². The van der Waals surface area contributed by atoms with Crippen molar-refractivity contribution in [1.29, 1.82) is 0 Å². The molecule has 0 saturated carbocycles. The summed E-state index contributed by atoms with van der Waals surface area (Å²) in [6.07, 6.45) is 0. The molecular formula is C6H13CdNS2. The van der Waals surface area contributed by atoms with E-state index in [0.717, 1.165) is 13.1 Å². The third-order valence-corrected chi connectivity index (χ3v) is 1.54. The van der Waals surface area contributed by atoms with Gasteiger partial charge in [0.25, 0.3) is 0 Å². The number of thiocarbonyl (C=S) groups is 1. The molecule has 0 aliphatic heterocycles. The Hall–Kier alpha value is 1.03. The van der Waals surface area contributed by atoms with Crippen LogP contribution in [-0.2, 0) is 39.9 Å². The van der Waals surface area contributed by atoms with Crippen molar-refractivity contribution in [2.24, 2.45) is 0 Å². The molecule has 0 radical (unpaired) electrons. The van der Waals surface area contributed by atoms with E-state index in [2.05, 4.69) is 0 Å². The first-order chi connectivity index (χ1) is 3.72.